The fourth-order valence-corrected chi connectivity index (χ4v) is 4.15. The first-order valence-electron chi connectivity index (χ1n) is 12.4. The maximum absolute atomic E-state index is 12.3. The van der Waals surface area contributed by atoms with E-state index in [-0.39, 0.29) is 11.4 Å². The number of hydrogen-bond acceptors (Lipinski definition) is 8. The van der Waals surface area contributed by atoms with Gasteiger partial charge in [-0.1, -0.05) is 17.7 Å². The average Bonchev–Trinajstić information content (AvgIpc) is 3.38. The van der Waals surface area contributed by atoms with Crippen LogP contribution < -0.4 is 5.46 Å². The third-order valence-corrected chi connectivity index (χ3v) is 7.83. The first-order valence-corrected chi connectivity index (χ1v) is 13.8. The first-order chi connectivity index (χ1) is 18.5. The Morgan fingerprint density at radius 3 is 1.93 bits per heavy atom. The SMILES string of the molecule is CC1(C)OB(c2cnn(CCC(O)C(F)(F)F)c2)OC1(C)C.Cc1ccc(S(=O)(=O)OCCC(O)C(F)(F)F)cc1. The van der Waals surface area contributed by atoms with Crippen LogP contribution in [0, 0.1) is 6.92 Å². The summed E-state index contributed by atoms with van der Waals surface area (Å²) in [7, 11) is -4.70. The molecule has 2 atom stereocenters. The second kappa shape index (κ2) is 13.0. The van der Waals surface area contributed by atoms with Crippen molar-refractivity contribution in [3.05, 3.63) is 42.2 Å². The summed E-state index contributed by atoms with van der Waals surface area (Å²) < 4.78 is 113. The summed E-state index contributed by atoms with van der Waals surface area (Å²) in [6.45, 7) is 8.64. The van der Waals surface area contributed by atoms with Crippen molar-refractivity contribution in [2.45, 2.75) is 94.7 Å². The summed E-state index contributed by atoms with van der Waals surface area (Å²) >= 11 is 0. The quantitative estimate of drug-likeness (QED) is 0.249. The number of aliphatic hydroxyl groups excluding tert-OH is 2. The minimum Gasteiger partial charge on any atom is -0.399 e. The normalized spacial score (nSPS) is 18.5. The van der Waals surface area contributed by atoms with E-state index in [4.69, 9.17) is 19.5 Å². The van der Waals surface area contributed by atoms with E-state index >= 15 is 0 Å². The fraction of sp³-hybridized carbons (Fsp3) is 0.625. The lowest BCUT2D eigenvalue weighted by molar-refractivity contribution is -0.206. The van der Waals surface area contributed by atoms with Gasteiger partial charge in [-0.15, -0.1) is 0 Å². The molecule has 1 aliphatic rings. The summed E-state index contributed by atoms with van der Waals surface area (Å²) in [6, 6.07) is 5.68. The number of nitrogens with zero attached hydrogens (tertiary/aromatic N) is 2. The summed E-state index contributed by atoms with van der Waals surface area (Å²) in [6.07, 6.45) is -12.5. The summed E-state index contributed by atoms with van der Waals surface area (Å²) in [5.41, 5.74) is 0.491. The van der Waals surface area contributed by atoms with Gasteiger partial charge < -0.3 is 19.5 Å². The van der Waals surface area contributed by atoms with Gasteiger partial charge in [0, 0.05) is 37.2 Å². The molecule has 2 heterocycles. The fourth-order valence-electron chi connectivity index (χ4n) is 3.23. The van der Waals surface area contributed by atoms with E-state index in [1.54, 1.807) is 25.3 Å². The van der Waals surface area contributed by atoms with Crippen LogP contribution in [-0.4, -0.2) is 77.9 Å². The summed E-state index contributed by atoms with van der Waals surface area (Å²) in [4.78, 5) is -0.139. The second-order valence-corrected chi connectivity index (χ2v) is 12.0. The molecule has 0 saturated carbocycles. The van der Waals surface area contributed by atoms with Crippen molar-refractivity contribution in [3.63, 3.8) is 0 Å². The molecule has 1 fully saturated rings. The predicted octanol–water partition coefficient (Wildman–Crippen LogP) is 3.51. The molecule has 41 heavy (non-hydrogen) atoms. The van der Waals surface area contributed by atoms with Crippen molar-refractivity contribution >= 4 is 22.7 Å². The standard InChI is InChI=1S/C13H20BF3N2O3.C11H13F3O4S/c1-11(2)12(3,4)22-14(21-11)9-7-18-19(8-9)6-5-10(20)13(15,16)17;1-8-2-4-9(5-3-8)19(16,17)18-7-6-10(15)11(12,13)14/h7-8,10,20H,5-6H2,1-4H3;2-5,10,15H,6-7H2,1H3. The second-order valence-electron chi connectivity index (χ2n) is 10.4. The molecule has 1 aliphatic heterocycles. The Morgan fingerprint density at radius 1 is 0.951 bits per heavy atom. The Balaban J connectivity index is 0.000000290. The van der Waals surface area contributed by atoms with Crippen LogP contribution in [0.15, 0.2) is 41.6 Å². The van der Waals surface area contributed by atoms with Gasteiger partial charge >= 0.3 is 19.5 Å². The lowest BCUT2D eigenvalue weighted by atomic mass is 9.82. The van der Waals surface area contributed by atoms with E-state index in [9.17, 15) is 34.8 Å². The van der Waals surface area contributed by atoms with Crippen LogP contribution in [0.2, 0.25) is 0 Å². The van der Waals surface area contributed by atoms with Crippen LogP contribution in [0.1, 0.15) is 46.1 Å². The van der Waals surface area contributed by atoms with Gasteiger partial charge in [0.1, 0.15) is 0 Å². The third kappa shape index (κ3) is 9.96. The summed E-state index contributed by atoms with van der Waals surface area (Å²) in [5, 5.41) is 21.7. The minimum absolute atomic E-state index is 0.0415. The van der Waals surface area contributed by atoms with E-state index in [1.807, 2.05) is 27.7 Å². The van der Waals surface area contributed by atoms with E-state index in [0.29, 0.717) is 5.46 Å². The van der Waals surface area contributed by atoms with Crippen LogP contribution in [-0.2, 0) is 30.2 Å². The topological polar surface area (TPSA) is 120 Å². The molecule has 2 N–H and O–H groups in total. The van der Waals surface area contributed by atoms with Crippen molar-refractivity contribution in [2.75, 3.05) is 6.61 Å². The largest absolute Gasteiger partial charge is 0.498 e. The molecule has 9 nitrogen and oxygen atoms in total. The van der Waals surface area contributed by atoms with Gasteiger partial charge in [-0.25, -0.2) is 0 Å². The number of alkyl halides is 6. The molecule has 232 valence electrons. The molecule has 0 radical (unpaired) electrons. The molecular formula is C24H33BF6N2O7S. The number of aliphatic hydroxyl groups is 2. The highest BCUT2D eigenvalue weighted by molar-refractivity contribution is 7.86. The van der Waals surface area contributed by atoms with Gasteiger partial charge in [0.25, 0.3) is 10.1 Å². The number of aromatic nitrogens is 2. The highest BCUT2D eigenvalue weighted by Gasteiger charge is 2.52. The molecule has 0 bridgehead atoms. The molecule has 2 unspecified atom stereocenters. The zero-order valence-corrected chi connectivity index (χ0v) is 23.8. The van der Waals surface area contributed by atoms with Gasteiger partial charge in [-0.3, -0.25) is 8.86 Å². The Kier molecular flexibility index (Phi) is 11.1. The van der Waals surface area contributed by atoms with Crippen LogP contribution in [0.3, 0.4) is 0 Å². The third-order valence-electron chi connectivity index (χ3n) is 6.51. The van der Waals surface area contributed by atoms with Gasteiger partial charge in [-0.05, 0) is 46.8 Å². The Bertz CT molecular complexity index is 1220. The lowest BCUT2D eigenvalue weighted by Gasteiger charge is -2.32. The molecule has 0 aliphatic carbocycles. The van der Waals surface area contributed by atoms with E-state index < -0.39 is 72.4 Å². The van der Waals surface area contributed by atoms with Gasteiger partial charge in [0.15, 0.2) is 12.2 Å². The molecule has 3 rings (SSSR count). The highest BCUT2D eigenvalue weighted by Crippen LogP contribution is 2.36. The molecule has 0 amide bonds. The zero-order chi connectivity index (χ0) is 31.4. The maximum Gasteiger partial charge on any atom is 0.498 e. The number of benzene rings is 1. The Labute approximate surface area is 234 Å². The highest BCUT2D eigenvalue weighted by atomic mass is 32.2. The van der Waals surface area contributed by atoms with Crippen LogP contribution in [0.5, 0.6) is 0 Å². The summed E-state index contributed by atoms with van der Waals surface area (Å²) in [5.74, 6) is 0. The maximum atomic E-state index is 12.3. The smallest absolute Gasteiger partial charge is 0.399 e. The number of hydrogen-bond donors (Lipinski definition) is 2. The van der Waals surface area contributed by atoms with E-state index in [1.165, 1.54) is 23.0 Å². The predicted molar refractivity (Wildman–Crippen MR) is 136 cm³/mol. The first kappa shape index (κ1) is 35.0. The Hall–Kier alpha value is -2.18. The molecule has 2 aromatic rings. The van der Waals surface area contributed by atoms with E-state index in [0.717, 1.165) is 5.56 Å². The van der Waals surface area contributed by atoms with Crippen LogP contribution in [0.25, 0.3) is 0 Å². The van der Waals surface area contributed by atoms with Gasteiger partial charge in [0.2, 0.25) is 0 Å². The molecule has 0 spiro atoms. The zero-order valence-electron chi connectivity index (χ0n) is 23.0. The van der Waals surface area contributed by atoms with Gasteiger partial charge in [-0.2, -0.15) is 39.9 Å². The van der Waals surface area contributed by atoms with Crippen molar-refractivity contribution < 1.29 is 58.5 Å². The molecule has 1 aromatic heterocycles. The average molecular weight is 618 g/mol. The van der Waals surface area contributed by atoms with Crippen molar-refractivity contribution in [1.29, 1.82) is 0 Å². The molecule has 17 heteroatoms. The van der Waals surface area contributed by atoms with Crippen LogP contribution >= 0.6 is 0 Å². The molecule has 1 aromatic carbocycles. The van der Waals surface area contributed by atoms with E-state index in [2.05, 4.69) is 9.28 Å². The molecule has 1 saturated heterocycles. The molecular weight excluding hydrogens is 585 g/mol. The number of aryl methyl sites for hydroxylation is 2. The van der Waals surface area contributed by atoms with Crippen molar-refractivity contribution in [2.24, 2.45) is 0 Å². The monoisotopic (exact) mass is 618 g/mol. The minimum atomic E-state index is -4.78. The Morgan fingerprint density at radius 2 is 1.44 bits per heavy atom. The number of rotatable bonds is 9. The van der Waals surface area contributed by atoms with Gasteiger partial charge in [0.05, 0.1) is 22.7 Å². The van der Waals surface area contributed by atoms with Crippen molar-refractivity contribution in [3.8, 4) is 0 Å². The number of halogens is 6. The lowest BCUT2D eigenvalue weighted by Crippen LogP contribution is -2.41. The van der Waals surface area contributed by atoms with Crippen molar-refractivity contribution in [1.82, 2.24) is 9.78 Å². The van der Waals surface area contributed by atoms with Crippen LogP contribution in [0.4, 0.5) is 26.3 Å².